The molecule has 0 unspecified atom stereocenters. The second-order valence-corrected chi connectivity index (χ2v) is 7.40. The Bertz CT molecular complexity index is 849. The van der Waals surface area contributed by atoms with Crippen LogP contribution in [0.3, 0.4) is 0 Å². The van der Waals surface area contributed by atoms with Gasteiger partial charge in [-0.05, 0) is 56.4 Å². The fourth-order valence-electron chi connectivity index (χ4n) is 3.48. The van der Waals surface area contributed by atoms with E-state index in [1.165, 1.54) is 18.3 Å². The molecule has 7 heteroatoms. The van der Waals surface area contributed by atoms with Crippen LogP contribution in [0, 0.1) is 5.82 Å². The molecule has 3 rings (SSSR count). The van der Waals surface area contributed by atoms with E-state index in [-0.39, 0.29) is 29.7 Å². The van der Waals surface area contributed by atoms with Crippen LogP contribution < -0.4 is 10.6 Å². The molecular weight excluding hydrogens is 373 g/mol. The van der Waals surface area contributed by atoms with E-state index in [9.17, 15) is 19.1 Å². The number of amides is 2. The van der Waals surface area contributed by atoms with Gasteiger partial charge < -0.3 is 15.7 Å². The molecule has 0 spiro atoms. The number of nitrogens with zero attached hydrogens (tertiary/aromatic N) is 1. The van der Waals surface area contributed by atoms with E-state index >= 15 is 0 Å². The van der Waals surface area contributed by atoms with E-state index in [0.717, 1.165) is 25.7 Å². The number of aromatic nitrogens is 1. The smallest absolute Gasteiger partial charge is 0.253 e. The highest BCUT2D eigenvalue weighted by Gasteiger charge is 2.25. The summed E-state index contributed by atoms with van der Waals surface area (Å²) < 4.78 is 13.3. The minimum absolute atomic E-state index is 0.0315. The number of benzene rings is 1. The summed E-state index contributed by atoms with van der Waals surface area (Å²) in [6.45, 7) is 1.76. The number of aliphatic hydroxyl groups is 1. The molecule has 3 N–H and O–H groups in total. The first-order valence-electron chi connectivity index (χ1n) is 9.97. The molecule has 0 bridgehead atoms. The van der Waals surface area contributed by atoms with E-state index in [4.69, 9.17) is 0 Å². The van der Waals surface area contributed by atoms with Gasteiger partial charge in [-0.3, -0.25) is 14.6 Å². The van der Waals surface area contributed by atoms with Gasteiger partial charge in [0.15, 0.2) is 0 Å². The number of pyridine rings is 1. The fraction of sp³-hybridized carbons (Fsp3) is 0.409. The number of rotatable bonds is 6. The Morgan fingerprint density at radius 3 is 2.41 bits per heavy atom. The summed E-state index contributed by atoms with van der Waals surface area (Å²) in [5.74, 6) is -0.858. The van der Waals surface area contributed by atoms with Crippen molar-refractivity contribution in [3.05, 3.63) is 54.0 Å². The van der Waals surface area contributed by atoms with Crippen LogP contribution in [0.5, 0.6) is 0 Å². The van der Waals surface area contributed by atoms with Crippen LogP contribution in [0.1, 0.15) is 49.4 Å². The zero-order chi connectivity index (χ0) is 20.8. The van der Waals surface area contributed by atoms with Gasteiger partial charge in [-0.2, -0.15) is 0 Å². The van der Waals surface area contributed by atoms with Crippen molar-refractivity contribution in [1.82, 2.24) is 15.6 Å². The topological polar surface area (TPSA) is 91.3 Å². The van der Waals surface area contributed by atoms with Crippen molar-refractivity contribution in [3.63, 3.8) is 0 Å². The molecule has 1 aliphatic carbocycles. The Labute approximate surface area is 169 Å². The Morgan fingerprint density at radius 2 is 1.83 bits per heavy atom. The van der Waals surface area contributed by atoms with Gasteiger partial charge in [-0.25, -0.2) is 4.39 Å². The molecule has 6 nitrogen and oxygen atoms in total. The van der Waals surface area contributed by atoms with Gasteiger partial charge in [-0.1, -0.05) is 19.1 Å². The summed E-state index contributed by atoms with van der Waals surface area (Å²) in [6.07, 6.45) is 3.95. The first-order chi connectivity index (χ1) is 14.0. The zero-order valence-electron chi connectivity index (χ0n) is 16.4. The highest BCUT2D eigenvalue weighted by molar-refractivity contribution is 5.94. The number of carbonyl (C=O) groups is 2. The highest BCUT2D eigenvalue weighted by Crippen LogP contribution is 2.20. The average molecular weight is 399 g/mol. The molecule has 154 valence electrons. The van der Waals surface area contributed by atoms with Crippen molar-refractivity contribution in [3.8, 4) is 11.3 Å². The second-order valence-electron chi connectivity index (χ2n) is 7.40. The van der Waals surface area contributed by atoms with Crippen molar-refractivity contribution in [2.24, 2.45) is 0 Å². The molecule has 2 aromatic rings. The largest absolute Gasteiger partial charge is 0.383 e. The number of nitrogens with one attached hydrogen (secondary N) is 2. The minimum Gasteiger partial charge on any atom is -0.383 e. The quantitative estimate of drug-likeness (QED) is 0.697. The number of carbonyl (C=O) groups excluding carboxylic acids is 2. The summed E-state index contributed by atoms with van der Waals surface area (Å²) in [7, 11) is 0. The van der Waals surface area contributed by atoms with Gasteiger partial charge in [0.2, 0.25) is 5.91 Å². The lowest BCUT2D eigenvalue weighted by molar-refractivity contribution is -0.130. The third kappa shape index (κ3) is 5.60. The number of halogens is 1. The van der Waals surface area contributed by atoms with Crippen LogP contribution in [-0.2, 0) is 4.79 Å². The molecule has 0 aliphatic heterocycles. The molecule has 2 amide bonds. The van der Waals surface area contributed by atoms with Gasteiger partial charge in [0.1, 0.15) is 11.9 Å². The summed E-state index contributed by atoms with van der Waals surface area (Å²) in [4.78, 5) is 28.5. The van der Waals surface area contributed by atoms with Crippen LogP contribution in [-0.4, -0.2) is 40.1 Å². The molecule has 0 saturated heterocycles. The van der Waals surface area contributed by atoms with E-state index in [0.29, 0.717) is 23.2 Å². The third-order valence-corrected chi connectivity index (χ3v) is 5.24. The van der Waals surface area contributed by atoms with Gasteiger partial charge in [-0.15, -0.1) is 0 Å². The molecule has 0 radical (unpaired) electrons. The van der Waals surface area contributed by atoms with Crippen molar-refractivity contribution < 1.29 is 19.1 Å². The van der Waals surface area contributed by atoms with Crippen LogP contribution in [0.25, 0.3) is 11.3 Å². The molecular formula is C22H26FN3O3. The van der Waals surface area contributed by atoms with E-state index in [1.807, 2.05) is 0 Å². The molecule has 1 atom stereocenters. The van der Waals surface area contributed by atoms with Crippen LogP contribution in [0.15, 0.2) is 42.6 Å². The van der Waals surface area contributed by atoms with Crippen molar-refractivity contribution in [1.29, 1.82) is 0 Å². The summed E-state index contributed by atoms with van der Waals surface area (Å²) in [5, 5.41) is 15.4. The Hall–Kier alpha value is -2.80. The lowest BCUT2D eigenvalue weighted by atomic mass is 9.90. The van der Waals surface area contributed by atoms with Crippen LogP contribution >= 0.6 is 0 Å². The second kappa shape index (κ2) is 9.60. The standard InChI is InChI=1S/C22H26FN3O3/c1-2-20(27)22(29)26-18-9-7-17(8-10-18)25-21(28)15-6-11-19(24-13-15)14-4-3-5-16(23)12-14/h3-6,11-13,17-18,20,27H,2,7-10H2,1H3,(H,25,28)(H,26,29)/t17?,18?,20-/m0/s1. The highest BCUT2D eigenvalue weighted by atomic mass is 19.1. The monoisotopic (exact) mass is 399 g/mol. The summed E-state index contributed by atoms with van der Waals surface area (Å²) in [6, 6.07) is 9.61. The van der Waals surface area contributed by atoms with Crippen molar-refractivity contribution in [2.75, 3.05) is 0 Å². The predicted octanol–water partition coefficient (Wildman–Crippen LogP) is 2.82. The number of aliphatic hydroxyl groups excluding tert-OH is 1. The zero-order valence-corrected chi connectivity index (χ0v) is 16.4. The van der Waals surface area contributed by atoms with Gasteiger partial charge in [0.25, 0.3) is 5.91 Å². The SMILES string of the molecule is CC[C@H](O)C(=O)NC1CCC(NC(=O)c2ccc(-c3cccc(F)c3)nc2)CC1. The Kier molecular flexibility index (Phi) is 6.93. The maximum Gasteiger partial charge on any atom is 0.253 e. The van der Waals surface area contributed by atoms with E-state index < -0.39 is 6.10 Å². The Morgan fingerprint density at radius 1 is 1.14 bits per heavy atom. The number of hydrogen-bond acceptors (Lipinski definition) is 4. The normalized spacial score (nSPS) is 20.0. The van der Waals surface area contributed by atoms with E-state index in [1.54, 1.807) is 31.2 Å². The fourth-order valence-corrected chi connectivity index (χ4v) is 3.48. The average Bonchev–Trinajstić information content (AvgIpc) is 2.74. The van der Waals surface area contributed by atoms with Gasteiger partial charge >= 0.3 is 0 Å². The molecule has 29 heavy (non-hydrogen) atoms. The van der Waals surface area contributed by atoms with Crippen molar-refractivity contribution >= 4 is 11.8 Å². The van der Waals surface area contributed by atoms with Crippen LogP contribution in [0.2, 0.25) is 0 Å². The molecule has 1 aromatic heterocycles. The van der Waals surface area contributed by atoms with Crippen LogP contribution in [0.4, 0.5) is 4.39 Å². The van der Waals surface area contributed by atoms with E-state index in [2.05, 4.69) is 15.6 Å². The van der Waals surface area contributed by atoms with Gasteiger partial charge in [0.05, 0.1) is 11.3 Å². The summed E-state index contributed by atoms with van der Waals surface area (Å²) in [5.41, 5.74) is 1.71. The maximum absolute atomic E-state index is 13.3. The molecule has 1 fully saturated rings. The Balaban J connectivity index is 1.50. The summed E-state index contributed by atoms with van der Waals surface area (Å²) >= 11 is 0. The van der Waals surface area contributed by atoms with Gasteiger partial charge in [0, 0.05) is 23.8 Å². The number of hydrogen-bond donors (Lipinski definition) is 3. The molecule has 1 aromatic carbocycles. The first-order valence-corrected chi connectivity index (χ1v) is 9.97. The maximum atomic E-state index is 13.3. The minimum atomic E-state index is -0.963. The first kappa shape index (κ1) is 20.9. The lowest BCUT2D eigenvalue weighted by Gasteiger charge is -2.30. The molecule has 1 aliphatic rings. The molecule has 1 heterocycles. The molecule has 1 saturated carbocycles. The predicted molar refractivity (Wildman–Crippen MR) is 108 cm³/mol. The van der Waals surface area contributed by atoms with Crippen molar-refractivity contribution in [2.45, 2.75) is 57.2 Å². The lowest BCUT2D eigenvalue weighted by Crippen LogP contribution is -2.46. The third-order valence-electron chi connectivity index (χ3n) is 5.24.